The number of hydrogen-bond acceptors (Lipinski definition) is 4. The Morgan fingerprint density at radius 2 is 1.82 bits per heavy atom. The average Bonchev–Trinajstić information content (AvgIpc) is 2.41. The van der Waals surface area contributed by atoms with Gasteiger partial charge in [-0.3, -0.25) is 9.69 Å². The van der Waals surface area contributed by atoms with Crippen molar-refractivity contribution < 1.29 is 19.1 Å². The van der Waals surface area contributed by atoms with Crippen molar-refractivity contribution in [1.82, 2.24) is 4.90 Å². The third kappa shape index (κ3) is 7.64. The van der Waals surface area contributed by atoms with E-state index in [0.717, 1.165) is 5.56 Å². The maximum absolute atomic E-state index is 12.0. The zero-order valence-electron chi connectivity index (χ0n) is 13.4. The van der Waals surface area contributed by atoms with Crippen LogP contribution in [0.4, 0.5) is 4.79 Å². The second kappa shape index (κ2) is 8.38. The molecule has 0 unspecified atom stereocenters. The molecule has 1 aromatic carbocycles. The summed E-state index contributed by atoms with van der Waals surface area (Å²) < 4.78 is 10.8. The first-order valence-corrected chi connectivity index (χ1v) is 7.16. The highest BCUT2D eigenvalue weighted by atomic mass is 16.6. The third-order valence-electron chi connectivity index (χ3n) is 2.62. The highest BCUT2D eigenvalue weighted by Crippen LogP contribution is 2.10. The molecule has 6 nitrogen and oxygen atoms in total. The number of carbonyl (C=O) groups is 2. The molecule has 1 aromatic rings. The standard InChI is InChI=1S/C16H24N2O4/c1-16(2,3)22-15(20)18(11-14(17)19)9-10-21-12-13-7-5-4-6-8-13/h4-8H,9-12H2,1-3H3,(H2,17,19). The number of carbonyl (C=O) groups excluding carboxylic acids is 2. The van der Waals surface area contributed by atoms with Gasteiger partial charge in [0.05, 0.1) is 13.2 Å². The third-order valence-corrected chi connectivity index (χ3v) is 2.62. The Morgan fingerprint density at radius 1 is 1.18 bits per heavy atom. The highest BCUT2D eigenvalue weighted by molar-refractivity contribution is 5.80. The fourth-order valence-electron chi connectivity index (χ4n) is 1.69. The first-order chi connectivity index (χ1) is 10.3. The van der Waals surface area contributed by atoms with Crippen LogP contribution in [0.1, 0.15) is 26.3 Å². The summed E-state index contributed by atoms with van der Waals surface area (Å²) in [7, 11) is 0. The Bertz CT molecular complexity index is 483. The number of rotatable bonds is 7. The van der Waals surface area contributed by atoms with E-state index < -0.39 is 17.6 Å². The number of nitrogens with zero attached hydrogens (tertiary/aromatic N) is 1. The Kier molecular flexibility index (Phi) is 6.85. The summed E-state index contributed by atoms with van der Waals surface area (Å²) in [5.74, 6) is -0.589. The van der Waals surface area contributed by atoms with Gasteiger partial charge in [0, 0.05) is 6.54 Å². The molecule has 22 heavy (non-hydrogen) atoms. The summed E-state index contributed by atoms with van der Waals surface area (Å²) in [6.45, 7) is 6.08. The van der Waals surface area contributed by atoms with Crippen LogP contribution >= 0.6 is 0 Å². The molecule has 0 spiro atoms. The minimum Gasteiger partial charge on any atom is -0.444 e. The van der Waals surface area contributed by atoms with Gasteiger partial charge in [-0.05, 0) is 26.3 Å². The van der Waals surface area contributed by atoms with Crippen LogP contribution in [0, 0.1) is 0 Å². The molecule has 0 bridgehead atoms. The lowest BCUT2D eigenvalue weighted by molar-refractivity contribution is -0.119. The molecule has 0 aromatic heterocycles. The molecule has 0 aliphatic heterocycles. The lowest BCUT2D eigenvalue weighted by atomic mass is 10.2. The fraction of sp³-hybridized carbons (Fsp3) is 0.500. The van der Waals surface area contributed by atoms with Crippen LogP contribution in [0.15, 0.2) is 30.3 Å². The van der Waals surface area contributed by atoms with Crippen molar-refractivity contribution in [1.29, 1.82) is 0 Å². The summed E-state index contributed by atoms with van der Waals surface area (Å²) in [6, 6.07) is 9.70. The Morgan fingerprint density at radius 3 is 2.36 bits per heavy atom. The molecule has 0 heterocycles. The van der Waals surface area contributed by atoms with Gasteiger partial charge in [-0.25, -0.2) is 4.79 Å². The predicted molar refractivity (Wildman–Crippen MR) is 83.1 cm³/mol. The van der Waals surface area contributed by atoms with Gasteiger partial charge < -0.3 is 15.2 Å². The monoisotopic (exact) mass is 308 g/mol. The van der Waals surface area contributed by atoms with Crippen LogP contribution in [-0.2, 0) is 20.9 Å². The summed E-state index contributed by atoms with van der Waals surface area (Å²) in [4.78, 5) is 24.3. The van der Waals surface area contributed by atoms with E-state index in [2.05, 4.69) is 0 Å². The van der Waals surface area contributed by atoms with E-state index >= 15 is 0 Å². The number of hydrogen-bond donors (Lipinski definition) is 1. The van der Waals surface area contributed by atoms with Crippen molar-refractivity contribution in [3.63, 3.8) is 0 Å². The van der Waals surface area contributed by atoms with Crippen molar-refractivity contribution in [2.24, 2.45) is 5.73 Å². The molecular weight excluding hydrogens is 284 g/mol. The molecule has 0 fully saturated rings. The van der Waals surface area contributed by atoms with Gasteiger partial charge in [-0.2, -0.15) is 0 Å². The van der Waals surface area contributed by atoms with Crippen LogP contribution in [0.3, 0.4) is 0 Å². The molecule has 0 radical (unpaired) electrons. The summed E-state index contributed by atoms with van der Waals surface area (Å²) in [6.07, 6.45) is -0.574. The number of benzene rings is 1. The van der Waals surface area contributed by atoms with Crippen LogP contribution in [0.2, 0.25) is 0 Å². The second-order valence-corrected chi connectivity index (χ2v) is 5.91. The van der Waals surface area contributed by atoms with E-state index in [-0.39, 0.29) is 13.1 Å². The molecule has 0 aliphatic rings. The van der Waals surface area contributed by atoms with Crippen LogP contribution in [0.5, 0.6) is 0 Å². The maximum atomic E-state index is 12.0. The molecule has 6 heteroatoms. The number of ether oxygens (including phenoxy) is 2. The Hall–Kier alpha value is -2.08. The van der Waals surface area contributed by atoms with Crippen molar-refractivity contribution in [3.8, 4) is 0 Å². The van der Waals surface area contributed by atoms with Gasteiger partial charge in [0.1, 0.15) is 12.1 Å². The van der Waals surface area contributed by atoms with Gasteiger partial charge in [-0.15, -0.1) is 0 Å². The molecule has 0 aliphatic carbocycles. The molecular formula is C16H24N2O4. The predicted octanol–water partition coefficient (Wildman–Crippen LogP) is 1.93. The molecule has 2 amide bonds. The lowest BCUT2D eigenvalue weighted by Gasteiger charge is -2.26. The SMILES string of the molecule is CC(C)(C)OC(=O)N(CCOCc1ccccc1)CC(N)=O. The molecule has 0 atom stereocenters. The van der Waals surface area contributed by atoms with Crippen molar-refractivity contribution in [2.45, 2.75) is 33.0 Å². The van der Waals surface area contributed by atoms with E-state index in [0.29, 0.717) is 13.2 Å². The topological polar surface area (TPSA) is 81.9 Å². The molecule has 1 rings (SSSR count). The molecule has 122 valence electrons. The normalized spacial score (nSPS) is 11.0. The van der Waals surface area contributed by atoms with E-state index in [1.54, 1.807) is 20.8 Å². The largest absolute Gasteiger partial charge is 0.444 e. The quantitative estimate of drug-likeness (QED) is 0.780. The van der Waals surface area contributed by atoms with E-state index in [9.17, 15) is 9.59 Å². The number of primary amides is 1. The van der Waals surface area contributed by atoms with Gasteiger partial charge in [0.2, 0.25) is 5.91 Å². The molecule has 2 N–H and O–H groups in total. The highest BCUT2D eigenvalue weighted by Gasteiger charge is 2.23. The smallest absolute Gasteiger partial charge is 0.410 e. The van der Waals surface area contributed by atoms with E-state index in [1.807, 2.05) is 30.3 Å². The lowest BCUT2D eigenvalue weighted by Crippen LogP contribution is -2.43. The first kappa shape index (κ1) is 18.0. The van der Waals surface area contributed by atoms with E-state index in [4.69, 9.17) is 15.2 Å². The second-order valence-electron chi connectivity index (χ2n) is 5.91. The van der Waals surface area contributed by atoms with Crippen LogP contribution in [0.25, 0.3) is 0 Å². The van der Waals surface area contributed by atoms with Gasteiger partial charge in [-0.1, -0.05) is 30.3 Å². The van der Waals surface area contributed by atoms with Crippen LogP contribution in [-0.4, -0.2) is 42.2 Å². The van der Waals surface area contributed by atoms with Gasteiger partial charge in [0.15, 0.2) is 0 Å². The maximum Gasteiger partial charge on any atom is 0.410 e. The average molecular weight is 308 g/mol. The van der Waals surface area contributed by atoms with Crippen molar-refractivity contribution in [2.75, 3.05) is 19.7 Å². The van der Waals surface area contributed by atoms with Gasteiger partial charge >= 0.3 is 6.09 Å². The van der Waals surface area contributed by atoms with Crippen LogP contribution < -0.4 is 5.73 Å². The van der Waals surface area contributed by atoms with E-state index in [1.165, 1.54) is 4.90 Å². The summed E-state index contributed by atoms with van der Waals surface area (Å²) in [5, 5.41) is 0. The van der Waals surface area contributed by atoms with Crippen molar-refractivity contribution >= 4 is 12.0 Å². The number of nitrogens with two attached hydrogens (primary N) is 1. The molecule has 0 saturated heterocycles. The minimum atomic E-state index is -0.627. The minimum absolute atomic E-state index is 0.191. The number of amides is 2. The Labute approximate surface area is 131 Å². The zero-order chi connectivity index (χ0) is 16.6. The van der Waals surface area contributed by atoms with Gasteiger partial charge in [0.25, 0.3) is 0 Å². The van der Waals surface area contributed by atoms with Crippen molar-refractivity contribution in [3.05, 3.63) is 35.9 Å². The first-order valence-electron chi connectivity index (χ1n) is 7.16. The fourth-order valence-corrected chi connectivity index (χ4v) is 1.69. The summed E-state index contributed by atoms with van der Waals surface area (Å²) >= 11 is 0. The summed E-state index contributed by atoms with van der Waals surface area (Å²) in [5.41, 5.74) is 5.58. The Balaban J connectivity index is 2.44. The molecule has 0 saturated carbocycles. The zero-order valence-corrected chi connectivity index (χ0v) is 13.4.